The van der Waals surface area contributed by atoms with Gasteiger partial charge >= 0.3 is 5.97 Å². The van der Waals surface area contributed by atoms with Crippen LogP contribution in [0.25, 0.3) is 0 Å². The Kier molecular flexibility index (Phi) is 7.26. The largest absolute Gasteiger partial charge is 0.468 e. The van der Waals surface area contributed by atoms with Crippen LogP contribution in [0.2, 0.25) is 0 Å². The summed E-state index contributed by atoms with van der Waals surface area (Å²) in [5.74, 6) is -0.0260. The van der Waals surface area contributed by atoms with Gasteiger partial charge in [-0.15, -0.1) is 0 Å². The maximum atomic E-state index is 12.0. The van der Waals surface area contributed by atoms with Crippen molar-refractivity contribution in [1.82, 2.24) is 5.32 Å². The molecule has 20 heavy (non-hydrogen) atoms. The van der Waals surface area contributed by atoms with Gasteiger partial charge in [-0.3, -0.25) is 10.1 Å². The molecular formula is C16H25NO3. The predicted molar refractivity (Wildman–Crippen MR) is 79.5 cm³/mol. The number of esters is 1. The van der Waals surface area contributed by atoms with Gasteiger partial charge < -0.3 is 9.47 Å². The lowest BCUT2D eigenvalue weighted by atomic mass is 9.97. The monoisotopic (exact) mass is 279 g/mol. The minimum absolute atomic E-state index is 0.0284. The van der Waals surface area contributed by atoms with E-state index in [4.69, 9.17) is 9.47 Å². The zero-order valence-corrected chi connectivity index (χ0v) is 12.8. The van der Waals surface area contributed by atoms with Crippen molar-refractivity contribution in [2.45, 2.75) is 32.4 Å². The van der Waals surface area contributed by atoms with E-state index in [1.165, 1.54) is 7.11 Å². The summed E-state index contributed by atoms with van der Waals surface area (Å²) < 4.78 is 10.2. The number of rotatable bonds is 8. The summed E-state index contributed by atoms with van der Waals surface area (Å²) in [6.07, 6.45) is 0.904. The number of methoxy groups -OCH3 is 2. The molecule has 0 radical (unpaired) electrons. The molecule has 0 saturated heterocycles. The summed E-state index contributed by atoms with van der Waals surface area (Å²) in [6, 6.07) is 9.64. The molecule has 1 aromatic carbocycles. The molecule has 1 aromatic rings. The van der Waals surface area contributed by atoms with Crippen molar-refractivity contribution in [2.75, 3.05) is 20.8 Å². The average molecular weight is 279 g/mol. The van der Waals surface area contributed by atoms with Crippen LogP contribution in [0.3, 0.4) is 0 Å². The molecule has 0 aliphatic carbocycles. The number of carbonyl (C=O) groups excluding carboxylic acids is 1. The van der Waals surface area contributed by atoms with Crippen LogP contribution in [0, 0.1) is 5.92 Å². The second-order valence-electron chi connectivity index (χ2n) is 4.97. The molecule has 0 heterocycles. The van der Waals surface area contributed by atoms with Crippen LogP contribution in [0.5, 0.6) is 0 Å². The summed E-state index contributed by atoms with van der Waals surface area (Å²) in [5, 5.41) is 3.37. The lowest BCUT2D eigenvalue weighted by Gasteiger charge is -2.27. The number of hydrogen-bond donors (Lipinski definition) is 1. The molecule has 0 spiro atoms. The first-order valence-electron chi connectivity index (χ1n) is 7.01. The van der Waals surface area contributed by atoms with Crippen LogP contribution in [0.4, 0.5) is 0 Å². The van der Waals surface area contributed by atoms with E-state index in [0.29, 0.717) is 6.61 Å². The second-order valence-corrected chi connectivity index (χ2v) is 4.97. The first-order chi connectivity index (χ1) is 9.63. The first-order valence-corrected chi connectivity index (χ1v) is 7.01. The van der Waals surface area contributed by atoms with Crippen molar-refractivity contribution in [3.05, 3.63) is 35.9 Å². The predicted octanol–water partition coefficient (Wildman–Crippen LogP) is 2.55. The van der Waals surface area contributed by atoms with Gasteiger partial charge in [0.1, 0.15) is 6.04 Å². The van der Waals surface area contributed by atoms with E-state index in [9.17, 15) is 4.79 Å². The Morgan fingerprint density at radius 2 is 1.90 bits per heavy atom. The fourth-order valence-corrected chi connectivity index (χ4v) is 2.14. The van der Waals surface area contributed by atoms with Gasteiger partial charge in [0.25, 0.3) is 0 Å². The van der Waals surface area contributed by atoms with Gasteiger partial charge in [-0.1, -0.05) is 50.6 Å². The highest BCUT2D eigenvalue weighted by Gasteiger charge is 2.27. The third-order valence-corrected chi connectivity index (χ3v) is 3.58. The fraction of sp³-hybridized carbons (Fsp3) is 0.562. The summed E-state index contributed by atoms with van der Waals surface area (Å²) in [5.41, 5.74) is 1.10. The van der Waals surface area contributed by atoms with Crippen molar-refractivity contribution in [3.63, 3.8) is 0 Å². The molecule has 0 bridgehead atoms. The standard InChI is InChI=1S/C16H25NO3/c1-5-12(2)15(16(18)20-4)17-14(11-19-3)13-9-7-6-8-10-13/h6-10,12,14-15,17H,5,11H2,1-4H3. The Morgan fingerprint density at radius 1 is 1.25 bits per heavy atom. The van der Waals surface area contributed by atoms with E-state index in [-0.39, 0.29) is 24.0 Å². The number of carbonyl (C=O) groups is 1. The van der Waals surface area contributed by atoms with Gasteiger partial charge in [-0.25, -0.2) is 0 Å². The molecule has 4 nitrogen and oxygen atoms in total. The minimum atomic E-state index is -0.328. The van der Waals surface area contributed by atoms with Crippen molar-refractivity contribution in [1.29, 1.82) is 0 Å². The molecule has 1 N–H and O–H groups in total. The molecule has 112 valence electrons. The summed E-state index contributed by atoms with van der Waals surface area (Å²) in [6.45, 7) is 4.62. The average Bonchev–Trinajstić information content (AvgIpc) is 2.50. The van der Waals surface area contributed by atoms with Crippen molar-refractivity contribution >= 4 is 5.97 Å². The topological polar surface area (TPSA) is 47.6 Å². The smallest absolute Gasteiger partial charge is 0.323 e. The Hall–Kier alpha value is -1.39. The van der Waals surface area contributed by atoms with E-state index in [2.05, 4.69) is 12.2 Å². The molecular weight excluding hydrogens is 254 g/mol. The second kappa shape index (κ2) is 8.72. The normalized spacial score (nSPS) is 15.4. The Labute approximate surface area is 121 Å². The highest BCUT2D eigenvalue weighted by atomic mass is 16.5. The highest BCUT2D eigenvalue weighted by Crippen LogP contribution is 2.18. The summed E-state index contributed by atoms with van der Waals surface area (Å²) in [4.78, 5) is 12.0. The molecule has 3 atom stereocenters. The lowest BCUT2D eigenvalue weighted by Crippen LogP contribution is -2.45. The Bertz CT molecular complexity index is 394. The van der Waals surface area contributed by atoms with Crippen molar-refractivity contribution in [3.8, 4) is 0 Å². The van der Waals surface area contributed by atoms with Crippen LogP contribution >= 0.6 is 0 Å². The zero-order valence-electron chi connectivity index (χ0n) is 12.8. The number of ether oxygens (including phenoxy) is 2. The van der Waals surface area contributed by atoms with Gasteiger partial charge in [0.15, 0.2) is 0 Å². The van der Waals surface area contributed by atoms with E-state index < -0.39 is 0 Å². The maximum absolute atomic E-state index is 12.0. The fourth-order valence-electron chi connectivity index (χ4n) is 2.14. The zero-order chi connectivity index (χ0) is 15.0. The molecule has 0 aromatic heterocycles. The van der Waals surface area contributed by atoms with Crippen LogP contribution in [-0.4, -0.2) is 32.8 Å². The van der Waals surface area contributed by atoms with E-state index in [0.717, 1.165) is 12.0 Å². The molecule has 0 aliphatic heterocycles. The maximum Gasteiger partial charge on any atom is 0.323 e. The quantitative estimate of drug-likeness (QED) is 0.743. The Balaban J connectivity index is 2.88. The van der Waals surface area contributed by atoms with Gasteiger partial charge in [0, 0.05) is 7.11 Å². The van der Waals surface area contributed by atoms with E-state index in [1.54, 1.807) is 7.11 Å². The van der Waals surface area contributed by atoms with Gasteiger partial charge in [0.05, 0.1) is 19.8 Å². The highest BCUT2D eigenvalue weighted by molar-refractivity contribution is 5.76. The van der Waals surface area contributed by atoms with Crippen LogP contribution in [0.1, 0.15) is 31.9 Å². The molecule has 0 fully saturated rings. The van der Waals surface area contributed by atoms with Gasteiger partial charge in [-0.2, -0.15) is 0 Å². The summed E-state index contributed by atoms with van der Waals surface area (Å²) in [7, 11) is 3.08. The molecule has 4 heteroatoms. The summed E-state index contributed by atoms with van der Waals surface area (Å²) >= 11 is 0. The van der Waals surface area contributed by atoms with Crippen molar-refractivity contribution in [2.24, 2.45) is 5.92 Å². The van der Waals surface area contributed by atoms with E-state index >= 15 is 0 Å². The molecule has 0 aliphatic rings. The first kappa shape index (κ1) is 16.7. The number of hydrogen-bond acceptors (Lipinski definition) is 4. The third-order valence-electron chi connectivity index (χ3n) is 3.58. The SMILES string of the molecule is CCC(C)C(NC(COC)c1ccccc1)C(=O)OC. The minimum Gasteiger partial charge on any atom is -0.468 e. The van der Waals surface area contributed by atoms with Crippen LogP contribution in [-0.2, 0) is 14.3 Å². The van der Waals surface area contributed by atoms with Crippen molar-refractivity contribution < 1.29 is 14.3 Å². The number of nitrogens with one attached hydrogen (secondary N) is 1. The molecule has 3 unspecified atom stereocenters. The van der Waals surface area contributed by atoms with Gasteiger partial charge in [-0.05, 0) is 11.5 Å². The van der Waals surface area contributed by atoms with E-state index in [1.807, 2.05) is 37.3 Å². The molecule has 1 rings (SSSR count). The third kappa shape index (κ3) is 4.62. The number of benzene rings is 1. The Morgan fingerprint density at radius 3 is 2.40 bits per heavy atom. The molecule has 0 amide bonds. The lowest BCUT2D eigenvalue weighted by molar-refractivity contribution is -0.145. The molecule has 0 saturated carbocycles. The van der Waals surface area contributed by atoms with Gasteiger partial charge in [0.2, 0.25) is 0 Å². The van der Waals surface area contributed by atoms with Crippen LogP contribution in [0.15, 0.2) is 30.3 Å². The van der Waals surface area contributed by atoms with Crippen LogP contribution < -0.4 is 5.32 Å².